The molecule has 0 atom stereocenters. The number of rotatable bonds is 5. The van der Waals surface area contributed by atoms with Crippen LogP contribution < -0.4 is 10.6 Å². The van der Waals surface area contributed by atoms with Crippen molar-refractivity contribution >= 4 is 29.7 Å². The molecular formula is C11H19ClN2OS. The largest absolute Gasteiger partial charge is 0.351 e. The lowest BCUT2D eigenvalue weighted by molar-refractivity contribution is 0.0957. The van der Waals surface area contributed by atoms with Gasteiger partial charge < -0.3 is 10.6 Å². The fourth-order valence-electron chi connectivity index (χ4n) is 1.24. The first kappa shape index (κ1) is 15.4. The quantitative estimate of drug-likeness (QED) is 0.799. The Hall–Kier alpha value is -0.580. The van der Waals surface area contributed by atoms with E-state index in [0.29, 0.717) is 0 Å². The van der Waals surface area contributed by atoms with Gasteiger partial charge in [-0.1, -0.05) is 0 Å². The lowest BCUT2D eigenvalue weighted by atomic mass is 10.3. The van der Waals surface area contributed by atoms with E-state index >= 15 is 0 Å². The van der Waals surface area contributed by atoms with Crippen molar-refractivity contribution in [1.82, 2.24) is 10.6 Å². The zero-order chi connectivity index (χ0) is 11.3. The Labute approximate surface area is 107 Å². The Morgan fingerprint density at radius 2 is 2.06 bits per heavy atom. The Kier molecular flexibility index (Phi) is 7.38. The van der Waals surface area contributed by atoms with Crippen LogP contribution in [0.15, 0.2) is 6.07 Å². The van der Waals surface area contributed by atoms with Crippen LogP contribution in [0.25, 0.3) is 0 Å². The molecule has 0 aliphatic carbocycles. The molecule has 1 rings (SSSR count). The van der Waals surface area contributed by atoms with Crippen LogP contribution in [-0.4, -0.2) is 26.0 Å². The second-order valence-electron chi connectivity index (χ2n) is 3.56. The number of carbonyl (C=O) groups excluding carboxylic acids is 1. The van der Waals surface area contributed by atoms with E-state index in [2.05, 4.69) is 10.6 Å². The molecule has 0 aliphatic rings. The van der Waals surface area contributed by atoms with Crippen molar-refractivity contribution in [2.24, 2.45) is 0 Å². The van der Waals surface area contributed by atoms with Gasteiger partial charge in [-0.15, -0.1) is 23.7 Å². The summed E-state index contributed by atoms with van der Waals surface area (Å²) in [5.41, 5.74) is 1.19. The number of aryl methyl sites for hydroxylation is 2. The molecule has 0 aliphatic heterocycles. The van der Waals surface area contributed by atoms with Gasteiger partial charge in [0.05, 0.1) is 4.88 Å². The van der Waals surface area contributed by atoms with Gasteiger partial charge in [0.15, 0.2) is 0 Å². The van der Waals surface area contributed by atoms with Crippen molar-refractivity contribution < 1.29 is 4.79 Å². The van der Waals surface area contributed by atoms with Crippen LogP contribution in [0, 0.1) is 13.8 Å². The third-order valence-electron chi connectivity index (χ3n) is 2.28. The van der Waals surface area contributed by atoms with Crippen LogP contribution in [-0.2, 0) is 0 Å². The van der Waals surface area contributed by atoms with Crippen LogP contribution in [0.1, 0.15) is 26.5 Å². The molecule has 0 saturated heterocycles. The fourth-order valence-corrected chi connectivity index (χ4v) is 2.19. The summed E-state index contributed by atoms with van der Waals surface area (Å²) in [4.78, 5) is 13.7. The van der Waals surface area contributed by atoms with E-state index < -0.39 is 0 Å². The molecule has 92 valence electrons. The SMILES string of the molecule is CNCCCNC(=O)c1cc(C)c(C)s1.Cl. The molecule has 0 saturated carbocycles. The van der Waals surface area contributed by atoms with E-state index in [-0.39, 0.29) is 18.3 Å². The second-order valence-corrected chi connectivity index (χ2v) is 4.82. The van der Waals surface area contributed by atoms with Crippen molar-refractivity contribution in [3.8, 4) is 0 Å². The Morgan fingerprint density at radius 3 is 2.56 bits per heavy atom. The average Bonchev–Trinajstić information content (AvgIpc) is 2.54. The molecule has 0 fully saturated rings. The normalized spacial score (nSPS) is 9.69. The predicted octanol–water partition coefficient (Wildman–Crippen LogP) is 2.13. The third kappa shape index (κ3) is 4.51. The first-order valence-electron chi connectivity index (χ1n) is 5.15. The van der Waals surface area contributed by atoms with Crippen molar-refractivity contribution in [3.05, 3.63) is 21.4 Å². The summed E-state index contributed by atoms with van der Waals surface area (Å²) in [5, 5.41) is 5.95. The van der Waals surface area contributed by atoms with Gasteiger partial charge in [-0.2, -0.15) is 0 Å². The minimum absolute atomic E-state index is 0. The molecule has 1 amide bonds. The minimum Gasteiger partial charge on any atom is -0.351 e. The van der Waals surface area contributed by atoms with E-state index in [4.69, 9.17) is 0 Å². The molecule has 1 heterocycles. The summed E-state index contributed by atoms with van der Waals surface area (Å²) >= 11 is 1.56. The highest BCUT2D eigenvalue weighted by Gasteiger charge is 2.09. The van der Waals surface area contributed by atoms with Crippen molar-refractivity contribution in [1.29, 1.82) is 0 Å². The highest BCUT2D eigenvalue weighted by atomic mass is 35.5. The summed E-state index contributed by atoms with van der Waals surface area (Å²) < 4.78 is 0. The van der Waals surface area contributed by atoms with Gasteiger partial charge in [-0.05, 0) is 45.5 Å². The molecule has 0 radical (unpaired) electrons. The second kappa shape index (κ2) is 7.65. The van der Waals surface area contributed by atoms with E-state index in [1.807, 2.05) is 27.0 Å². The minimum atomic E-state index is 0. The average molecular weight is 263 g/mol. The first-order chi connectivity index (χ1) is 7.15. The van der Waals surface area contributed by atoms with Gasteiger partial charge >= 0.3 is 0 Å². The smallest absolute Gasteiger partial charge is 0.261 e. The molecule has 5 heteroatoms. The third-order valence-corrected chi connectivity index (χ3v) is 3.43. The van der Waals surface area contributed by atoms with E-state index in [0.717, 1.165) is 24.4 Å². The number of hydrogen-bond acceptors (Lipinski definition) is 3. The zero-order valence-corrected chi connectivity index (χ0v) is 11.6. The van der Waals surface area contributed by atoms with Gasteiger partial charge in [0.1, 0.15) is 0 Å². The molecule has 0 spiro atoms. The lowest BCUT2D eigenvalue weighted by Gasteiger charge is -2.02. The van der Waals surface area contributed by atoms with Crippen LogP contribution >= 0.6 is 23.7 Å². The number of hydrogen-bond donors (Lipinski definition) is 2. The molecule has 16 heavy (non-hydrogen) atoms. The highest BCUT2D eigenvalue weighted by molar-refractivity contribution is 7.14. The van der Waals surface area contributed by atoms with Gasteiger partial charge in [0, 0.05) is 11.4 Å². The predicted molar refractivity (Wildman–Crippen MR) is 71.9 cm³/mol. The molecule has 0 unspecified atom stereocenters. The maximum Gasteiger partial charge on any atom is 0.261 e. The highest BCUT2D eigenvalue weighted by Crippen LogP contribution is 2.20. The number of amides is 1. The van der Waals surface area contributed by atoms with Gasteiger partial charge in [-0.3, -0.25) is 4.79 Å². The monoisotopic (exact) mass is 262 g/mol. The van der Waals surface area contributed by atoms with Crippen LogP contribution in [0.3, 0.4) is 0 Å². The number of thiophene rings is 1. The van der Waals surface area contributed by atoms with Gasteiger partial charge in [0.25, 0.3) is 5.91 Å². The Bertz CT molecular complexity index is 319. The maximum atomic E-state index is 11.7. The molecule has 2 N–H and O–H groups in total. The van der Waals surface area contributed by atoms with Crippen LogP contribution in [0.5, 0.6) is 0 Å². The maximum absolute atomic E-state index is 11.7. The standard InChI is InChI=1S/C11H18N2OS.ClH/c1-8-7-10(15-9(8)2)11(14)13-6-4-5-12-3;/h7,12H,4-6H2,1-3H3,(H,13,14);1H. The van der Waals surface area contributed by atoms with Crippen LogP contribution in [0.4, 0.5) is 0 Å². The summed E-state index contributed by atoms with van der Waals surface area (Å²) in [5.74, 6) is 0.0484. The molecule has 0 bridgehead atoms. The van der Waals surface area contributed by atoms with Crippen molar-refractivity contribution in [3.63, 3.8) is 0 Å². The summed E-state index contributed by atoms with van der Waals surface area (Å²) in [7, 11) is 1.91. The number of carbonyl (C=O) groups is 1. The zero-order valence-electron chi connectivity index (χ0n) is 9.92. The van der Waals surface area contributed by atoms with E-state index in [1.165, 1.54) is 10.4 Å². The summed E-state index contributed by atoms with van der Waals surface area (Å²) in [6, 6.07) is 1.95. The van der Waals surface area contributed by atoms with Crippen LogP contribution in [0.2, 0.25) is 0 Å². The number of halogens is 1. The molecule has 3 nitrogen and oxygen atoms in total. The van der Waals surface area contributed by atoms with Gasteiger partial charge in [-0.25, -0.2) is 0 Å². The van der Waals surface area contributed by atoms with E-state index in [1.54, 1.807) is 11.3 Å². The molecule has 1 aromatic rings. The first-order valence-corrected chi connectivity index (χ1v) is 5.96. The Balaban J connectivity index is 0.00000225. The molecule has 1 aromatic heterocycles. The Morgan fingerprint density at radius 1 is 1.38 bits per heavy atom. The molecule has 0 aromatic carbocycles. The topological polar surface area (TPSA) is 41.1 Å². The summed E-state index contributed by atoms with van der Waals surface area (Å²) in [6.45, 7) is 5.74. The molecular weight excluding hydrogens is 244 g/mol. The van der Waals surface area contributed by atoms with Crippen molar-refractivity contribution in [2.45, 2.75) is 20.3 Å². The lowest BCUT2D eigenvalue weighted by Crippen LogP contribution is -2.25. The fraction of sp³-hybridized carbons (Fsp3) is 0.545. The van der Waals surface area contributed by atoms with Gasteiger partial charge in [0.2, 0.25) is 0 Å². The summed E-state index contributed by atoms with van der Waals surface area (Å²) in [6.07, 6.45) is 0.964. The number of nitrogens with one attached hydrogen (secondary N) is 2. The van der Waals surface area contributed by atoms with E-state index in [9.17, 15) is 4.79 Å². The van der Waals surface area contributed by atoms with Crippen molar-refractivity contribution in [2.75, 3.05) is 20.1 Å².